The lowest BCUT2D eigenvalue weighted by atomic mass is 10.1. The summed E-state index contributed by atoms with van der Waals surface area (Å²) in [5.74, 6) is -3.34. The van der Waals surface area contributed by atoms with Crippen molar-refractivity contribution in [1.29, 1.82) is 0 Å². The van der Waals surface area contributed by atoms with Gasteiger partial charge in [0.25, 0.3) is 6.43 Å². The average molecular weight is 257 g/mol. The number of carboxylic acids is 1. The smallest absolute Gasteiger partial charge is 0.433 e. The van der Waals surface area contributed by atoms with E-state index in [-0.39, 0.29) is 6.20 Å². The molecule has 0 aliphatic heterocycles. The number of aromatic carboxylic acids is 1. The van der Waals surface area contributed by atoms with E-state index in [2.05, 4.69) is 4.98 Å². The maximum absolute atomic E-state index is 12.4. The minimum Gasteiger partial charge on any atom is -0.505 e. The number of pyridine rings is 1. The van der Waals surface area contributed by atoms with Crippen molar-refractivity contribution >= 4 is 5.97 Å². The van der Waals surface area contributed by atoms with Crippen molar-refractivity contribution in [3.8, 4) is 5.75 Å². The quantitative estimate of drug-likeness (QED) is 0.798. The van der Waals surface area contributed by atoms with Crippen molar-refractivity contribution in [3.05, 3.63) is 23.0 Å². The van der Waals surface area contributed by atoms with E-state index >= 15 is 0 Å². The first-order valence-electron chi connectivity index (χ1n) is 3.96. The third-order valence-electron chi connectivity index (χ3n) is 1.80. The molecule has 17 heavy (non-hydrogen) atoms. The number of hydrogen-bond acceptors (Lipinski definition) is 3. The number of carbonyl (C=O) groups is 1. The highest BCUT2D eigenvalue weighted by atomic mass is 19.4. The SMILES string of the molecule is O=C(O)c1c(O)cnc(C(F)(F)F)c1C(F)F. The summed E-state index contributed by atoms with van der Waals surface area (Å²) in [5.41, 5.74) is -5.37. The molecule has 4 nitrogen and oxygen atoms in total. The van der Waals surface area contributed by atoms with Gasteiger partial charge in [0.05, 0.1) is 11.8 Å². The van der Waals surface area contributed by atoms with E-state index in [1.54, 1.807) is 0 Å². The molecule has 0 bridgehead atoms. The summed E-state index contributed by atoms with van der Waals surface area (Å²) in [6.45, 7) is 0. The minimum atomic E-state index is -5.23. The molecule has 0 saturated carbocycles. The number of nitrogens with zero attached hydrogens (tertiary/aromatic N) is 1. The molecule has 1 aromatic heterocycles. The Morgan fingerprint density at radius 2 is 1.88 bits per heavy atom. The Morgan fingerprint density at radius 1 is 1.35 bits per heavy atom. The van der Waals surface area contributed by atoms with Gasteiger partial charge >= 0.3 is 12.1 Å². The molecule has 0 unspecified atom stereocenters. The van der Waals surface area contributed by atoms with Crippen LogP contribution in [0.5, 0.6) is 5.75 Å². The fourth-order valence-corrected chi connectivity index (χ4v) is 1.18. The second-order valence-corrected chi connectivity index (χ2v) is 2.88. The first-order chi connectivity index (χ1) is 7.66. The van der Waals surface area contributed by atoms with E-state index in [1.807, 2.05) is 0 Å². The zero-order valence-electron chi connectivity index (χ0n) is 7.79. The Labute approximate surface area is 90.3 Å². The van der Waals surface area contributed by atoms with Gasteiger partial charge in [-0.1, -0.05) is 0 Å². The minimum absolute atomic E-state index is 0.165. The molecule has 94 valence electrons. The van der Waals surface area contributed by atoms with E-state index in [0.717, 1.165) is 0 Å². The third kappa shape index (κ3) is 2.43. The van der Waals surface area contributed by atoms with E-state index in [1.165, 1.54) is 0 Å². The van der Waals surface area contributed by atoms with E-state index in [4.69, 9.17) is 10.2 Å². The molecule has 0 radical (unpaired) electrons. The first kappa shape index (κ1) is 13.1. The van der Waals surface area contributed by atoms with Crippen molar-refractivity contribution in [1.82, 2.24) is 4.98 Å². The highest BCUT2D eigenvalue weighted by molar-refractivity contribution is 5.92. The summed E-state index contributed by atoms with van der Waals surface area (Å²) in [4.78, 5) is 13.1. The highest BCUT2D eigenvalue weighted by Crippen LogP contribution is 2.39. The summed E-state index contributed by atoms with van der Waals surface area (Å²) in [5, 5.41) is 17.5. The number of hydrogen-bond donors (Lipinski definition) is 2. The lowest BCUT2D eigenvalue weighted by Crippen LogP contribution is -2.16. The zero-order chi connectivity index (χ0) is 13.4. The van der Waals surface area contributed by atoms with Crippen molar-refractivity contribution in [3.63, 3.8) is 0 Å². The Bertz CT molecular complexity index is 457. The van der Waals surface area contributed by atoms with Gasteiger partial charge in [-0.05, 0) is 0 Å². The highest BCUT2D eigenvalue weighted by Gasteiger charge is 2.41. The number of carboxylic acid groups (broad SMARTS) is 1. The van der Waals surface area contributed by atoms with Gasteiger partial charge in [-0.3, -0.25) is 0 Å². The monoisotopic (exact) mass is 257 g/mol. The summed E-state index contributed by atoms with van der Waals surface area (Å²) in [6.07, 6.45) is -8.79. The topological polar surface area (TPSA) is 70.4 Å². The number of aromatic hydroxyl groups is 1. The molecule has 0 saturated heterocycles. The van der Waals surface area contributed by atoms with Crippen molar-refractivity contribution in [2.24, 2.45) is 0 Å². The van der Waals surface area contributed by atoms with Crippen LogP contribution in [0.25, 0.3) is 0 Å². The average Bonchev–Trinajstić information content (AvgIpc) is 2.14. The fraction of sp³-hybridized carbons (Fsp3) is 0.250. The molecule has 2 N–H and O–H groups in total. The standard InChI is InChI=1S/C8H4F5NO3/c9-6(10)4-3(7(16)17)2(15)1-14-5(4)8(11,12)13/h1,6,15H,(H,16,17). The maximum Gasteiger partial charge on any atom is 0.433 e. The molecule has 0 amide bonds. The molecule has 1 aromatic rings. The van der Waals surface area contributed by atoms with Crippen LogP contribution in [-0.2, 0) is 6.18 Å². The van der Waals surface area contributed by atoms with Crippen LogP contribution in [0.2, 0.25) is 0 Å². The van der Waals surface area contributed by atoms with Crippen LogP contribution in [0.15, 0.2) is 6.20 Å². The van der Waals surface area contributed by atoms with Gasteiger partial charge in [0.15, 0.2) is 5.69 Å². The molecule has 1 heterocycles. The molecule has 9 heteroatoms. The molecule has 0 aliphatic carbocycles. The second-order valence-electron chi connectivity index (χ2n) is 2.88. The van der Waals surface area contributed by atoms with Gasteiger partial charge in [0.1, 0.15) is 11.3 Å². The molecule has 0 aliphatic rings. The van der Waals surface area contributed by atoms with Crippen LogP contribution in [0.1, 0.15) is 28.0 Å². The van der Waals surface area contributed by atoms with Gasteiger partial charge in [-0.25, -0.2) is 18.6 Å². The predicted octanol–water partition coefficient (Wildman–Crippen LogP) is 2.44. The largest absolute Gasteiger partial charge is 0.505 e. The van der Waals surface area contributed by atoms with Crippen LogP contribution >= 0.6 is 0 Å². The van der Waals surface area contributed by atoms with Crippen molar-refractivity contribution < 1.29 is 37.0 Å². The maximum atomic E-state index is 12.4. The Kier molecular flexibility index (Phi) is 3.21. The second kappa shape index (κ2) is 4.15. The number of rotatable bonds is 2. The number of aromatic nitrogens is 1. The normalized spacial score (nSPS) is 11.9. The van der Waals surface area contributed by atoms with Crippen molar-refractivity contribution in [2.45, 2.75) is 12.6 Å². The van der Waals surface area contributed by atoms with Crippen LogP contribution in [-0.4, -0.2) is 21.2 Å². The molecular formula is C8H4F5NO3. The van der Waals surface area contributed by atoms with Crippen LogP contribution < -0.4 is 0 Å². The zero-order valence-corrected chi connectivity index (χ0v) is 7.79. The molecule has 1 rings (SSSR count). The molecule has 0 fully saturated rings. The Morgan fingerprint density at radius 3 is 2.24 bits per heavy atom. The van der Waals surface area contributed by atoms with Gasteiger partial charge < -0.3 is 10.2 Å². The summed E-state index contributed by atoms with van der Waals surface area (Å²) in [7, 11) is 0. The van der Waals surface area contributed by atoms with Gasteiger partial charge in [-0.2, -0.15) is 13.2 Å². The molecule has 0 spiro atoms. The molecule has 0 atom stereocenters. The summed E-state index contributed by atoms with van der Waals surface area (Å²) >= 11 is 0. The number of halogens is 5. The molecular weight excluding hydrogens is 253 g/mol. The van der Waals surface area contributed by atoms with Crippen LogP contribution in [0.3, 0.4) is 0 Å². The molecule has 0 aromatic carbocycles. The third-order valence-corrected chi connectivity index (χ3v) is 1.80. The lowest BCUT2D eigenvalue weighted by molar-refractivity contribution is -0.143. The summed E-state index contributed by atoms with van der Waals surface area (Å²) in [6, 6.07) is 0. The first-order valence-corrected chi connectivity index (χ1v) is 3.96. The number of alkyl halides is 5. The Hall–Kier alpha value is -1.93. The van der Waals surface area contributed by atoms with Crippen LogP contribution in [0.4, 0.5) is 22.0 Å². The lowest BCUT2D eigenvalue weighted by Gasteiger charge is -2.14. The van der Waals surface area contributed by atoms with Gasteiger partial charge in [0, 0.05) is 0 Å². The van der Waals surface area contributed by atoms with Crippen molar-refractivity contribution in [2.75, 3.05) is 0 Å². The van der Waals surface area contributed by atoms with E-state index in [0.29, 0.717) is 0 Å². The summed E-state index contributed by atoms with van der Waals surface area (Å²) < 4.78 is 61.8. The Balaban J connectivity index is 3.65. The van der Waals surface area contributed by atoms with Gasteiger partial charge in [-0.15, -0.1) is 0 Å². The fourth-order valence-electron chi connectivity index (χ4n) is 1.18. The van der Waals surface area contributed by atoms with E-state index in [9.17, 15) is 26.7 Å². The van der Waals surface area contributed by atoms with Gasteiger partial charge in [0.2, 0.25) is 0 Å². The predicted molar refractivity (Wildman–Crippen MR) is 42.8 cm³/mol. The van der Waals surface area contributed by atoms with E-state index < -0.39 is 41.1 Å². The van der Waals surface area contributed by atoms with Crippen LogP contribution in [0, 0.1) is 0 Å².